The normalized spacial score (nSPS) is 19.0. The first-order chi connectivity index (χ1) is 16.5. The number of carbonyl (C=O) groups is 2. The fourth-order valence-electron chi connectivity index (χ4n) is 4.73. The Hall–Kier alpha value is -4.06. The van der Waals surface area contributed by atoms with Crippen molar-refractivity contribution in [2.24, 2.45) is 0 Å². The lowest BCUT2D eigenvalue weighted by atomic mass is 9.93. The maximum atomic E-state index is 13.4. The average molecular weight is 456 g/mol. The van der Waals surface area contributed by atoms with E-state index >= 15 is 0 Å². The molecule has 1 fully saturated rings. The van der Waals surface area contributed by atoms with Crippen LogP contribution in [0.1, 0.15) is 34.7 Å². The number of anilines is 1. The molecule has 6 nitrogen and oxygen atoms in total. The first kappa shape index (κ1) is 21.8. The number of benzene rings is 3. The van der Waals surface area contributed by atoms with Crippen molar-refractivity contribution in [1.82, 2.24) is 0 Å². The van der Waals surface area contributed by atoms with Gasteiger partial charge in [0.2, 0.25) is 0 Å². The van der Waals surface area contributed by atoms with Gasteiger partial charge in [-0.15, -0.1) is 0 Å². The molecular formula is C28H25NO5. The summed E-state index contributed by atoms with van der Waals surface area (Å²) < 4.78 is 11.2. The highest BCUT2D eigenvalue weighted by Crippen LogP contribution is 2.45. The highest BCUT2D eigenvalue weighted by molar-refractivity contribution is 6.51. The minimum atomic E-state index is -0.802. The topological polar surface area (TPSA) is 76.1 Å². The number of aryl methyl sites for hydroxylation is 2. The third kappa shape index (κ3) is 3.61. The van der Waals surface area contributed by atoms with E-state index in [1.807, 2.05) is 43.3 Å². The minimum absolute atomic E-state index is 0.0539. The minimum Gasteiger partial charge on any atom is -0.507 e. The van der Waals surface area contributed by atoms with Gasteiger partial charge in [0.25, 0.3) is 11.7 Å². The molecule has 0 spiro atoms. The second-order valence-electron chi connectivity index (χ2n) is 8.53. The molecule has 2 aliphatic rings. The summed E-state index contributed by atoms with van der Waals surface area (Å²) in [6.45, 7) is 2.61. The van der Waals surface area contributed by atoms with E-state index < -0.39 is 17.7 Å². The van der Waals surface area contributed by atoms with Gasteiger partial charge in [-0.1, -0.05) is 42.0 Å². The van der Waals surface area contributed by atoms with Crippen LogP contribution in [0, 0.1) is 6.92 Å². The van der Waals surface area contributed by atoms with E-state index in [4.69, 9.17) is 9.47 Å². The van der Waals surface area contributed by atoms with Crippen molar-refractivity contribution in [3.63, 3.8) is 0 Å². The maximum Gasteiger partial charge on any atom is 0.300 e. The molecule has 1 atom stereocenters. The Kier molecular flexibility index (Phi) is 5.57. The van der Waals surface area contributed by atoms with Crippen LogP contribution in [0.25, 0.3) is 5.76 Å². The number of hydrogen-bond acceptors (Lipinski definition) is 5. The van der Waals surface area contributed by atoms with Gasteiger partial charge in [0, 0.05) is 5.56 Å². The van der Waals surface area contributed by atoms with Gasteiger partial charge in [0.15, 0.2) is 0 Å². The fraction of sp³-hybridized carbons (Fsp3) is 0.214. The third-order valence-electron chi connectivity index (χ3n) is 6.33. The average Bonchev–Trinajstić information content (AvgIpc) is 3.13. The lowest BCUT2D eigenvalue weighted by Gasteiger charge is -2.27. The molecule has 172 valence electrons. The molecule has 2 aliphatic heterocycles. The van der Waals surface area contributed by atoms with Crippen molar-refractivity contribution in [3.8, 4) is 11.5 Å². The predicted octanol–water partition coefficient (Wildman–Crippen LogP) is 4.95. The van der Waals surface area contributed by atoms with Crippen LogP contribution >= 0.6 is 0 Å². The van der Waals surface area contributed by atoms with Gasteiger partial charge >= 0.3 is 0 Å². The van der Waals surface area contributed by atoms with Gasteiger partial charge < -0.3 is 14.6 Å². The molecule has 1 N–H and O–H groups in total. The lowest BCUT2D eigenvalue weighted by molar-refractivity contribution is -0.132. The number of aliphatic hydroxyl groups excluding tert-OH is 1. The zero-order chi connectivity index (χ0) is 23.8. The van der Waals surface area contributed by atoms with Gasteiger partial charge in [0.05, 0.1) is 31.0 Å². The fourth-order valence-corrected chi connectivity index (χ4v) is 4.73. The highest BCUT2D eigenvalue weighted by Gasteiger charge is 2.47. The highest BCUT2D eigenvalue weighted by atomic mass is 16.5. The van der Waals surface area contributed by atoms with E-state index in [1.165, 1.54) is 12.0 Å². The SMILES string of the molecule is COc1ccccc1N1C(=O)C(=O)/C(=C(\O)c2ccc3c(c2)CCCO3)C1c1cccc(C)c1. The molecule has 0 aromatic heterocycles. The smallest absolute Gasteiger partial charge is 0.300 e. The molecule has 1 saturated heterocycles. The molecule has 1 unspecified atom stereocenters. The summed E-state index contributed by atoms with van der Waals surface area (Å²) in [4.78, 5) is 28.2. The van der Waals surface area contributed by atoms with E-state index in [0.29, 0.717) is 23.6 Å². The van der Waals surface area contributed by atoms with Crippen molar-refractivity contribution < 1.29 is 24.2 Å². The van der Waals surface area contributed by atoms with Crippen LogP contribution in [0.2, 0.25) is 0 Å². The second-order valence-corrected chi connectivity index (χ2v) is 8.53. The molecule has 2 heterocycles. The third-order valence-corrected chi connectivity index (χ3v) is 6.33. The predicted molar refractivity (Wildman–Crippen MR) is 129 cm³/mol. The molecule has 0 saturated carbocycles. The van der Waals surface area contributed by atoms with Crippen LogP contribution in [0.15, 0.2) is 72.3 Å². The summed E-state index contributed by atoms with van der Waals surface area (Å²) in [5, 5.41) is 11.4. The Balaban J connectivity index is 1.72. The molecule has 3 aromatic carbocycles. The zero-order valence-electron chi connectivity index (χ0n) is 19.1. The number of fused-ring (bicyclic) bond motifs is 1. The number of aliphatic hydroxyl groups is 1. The van der Waals surface area contributed by atoms with E-state index in [9.17, 15) is 14.7 Å². The Morgan fingerprint density at radius 3 is 2.68 bits per heavy atom. The summed E-state index contributed by atoms with van der Waals surface area (Å²) in [5.74, 6) is -0.390. The Morgan fingerprint density at radius 2 is 1.88 bits per heavy atom. The summed E-state index contributed by atoms with van der Waals surface area (Å²) in [6, 6.07) is 19.2. The number of hydrogen-bond donors (Lipinski definition) is 1. The number of nitrogens with zero attached hydrogens (tertiary/aromatic N) is 1. The molecule has 34 heavy (non-hydrogen) atoms. The second kappa shape index (κ2) is 8.71. The quantitative estimate of drug-likeness (QED) is 0.342. The van der Waals surface area contributed by atoms with Crippen LogP contribution in [0.5, 0.6) is 11.5 Å². The van der Waals surface area contributed by atoms with E-state index in [-0.39, 0.29) is 11.3 Å². The van der Waals surface area contributed by atoms with Crippen molar-refractivity contribution in [3.05, 3.63) is 94.6 Å². The first-order valence-corrected chi connectivity index (χ1v) is 11.3. The summed E-state index contributed by atoms with van der Waals surface area (Å²) in [5.41, 5.74) is 3.69. The van der Waals surface area contributed by atoms with Gasteiger partial charge in [0.1, 0.15) is 17.3 Å². The number of carbonyl (C=O) groups excluding carboxylic acids is 2. The molecule has 0 bridgehead atoms. The van der Waals surface area contributed by atoms with Crippen LogP contribution in [-0.4, -0.2) is 30.5 Å². The standard InChI is InChI=1S/C28H25NO5/c1-17-7-5-8-19(15-17)25-24(26(30)20-12-13-22-18(16-20)9-6-14-34-22)27(31)28(32)29(25)21-10-3-4-11-23(21)33-2/h3-5,7-8,10-13,15-16,25,30H,6,9,14H2,1-2H3/b26-24-. The van der Waals surface area contributed by atoms with Crippen molar-refractivity contribution in [2.45, 2.75) is 25.8 Å². The molecular weight excluding hydrogens is 430 g/mol. The van der Waals surface area contributed by atoms with Crippen molar-refractivity contribution >= 4 is 23.1 Å². The van der Waals surface area contributed by atoms with Crippen molar-refractivity contribution in [2.75, 3.05) is 18.6 Å². The molecule has 3 aromatic rings. The molecule has 5 rings (SSSR count). The number of rotatable bonds is 4. The number of ether oxygens (including phenoxy) is 2. The Morgan fingerprint density at radius 1 is 1.06 bits per heavy atom. The Labute approximate surface area is 198 Å². The monoisotopic (exact) mass is 455 g/mol. The van der Waals surface area contributed by atoms with E-state index in [2.05, 4.69) is 0 Å². The van der Waals surface area contributed by atoms with E-state index in [0.717, 1.165) is 35.3 Å². The summed E-state index contributed by atoms with van der Waals surface area (Å²) in [7, 11) is 1.52. The lowest BCUT2D eigenvalue weighted by Crippen LogP contribution is -2.29. The van der Waals surface area contributed by atoms with Gasteiger partial charge in [-0.3, -0.25) is 14.5 Å². The molecule has 0 radical (unpaired) electrons. The number of methoxy groups -OCH3 is 1. The maximum absolute atomic E-state index is 13.4. The van der Waals surface area contributed by atoms with Crippen LogP contribution in [0.4, 0.5) is 5.69 Å². The van der Waals surface area contributed by atoms with Crippen LogP contribution in [0.3, 0.4) is 0 Å². The van der Waals surface area contributed by atoms with Gasteiger partial charge in [-0.2, -0.15) is 0 Å². The first-order valence-electron chi connectivity index (χ1n) is 11.3. The number of amides is 1. The number of para-hydroxylation sites is 2. The summed E-state index contributed by atoms with van der Waals surface area (Å²) in [6.07, 6.45) is 1.71. The molecule has 0 aliphatic carbocycles. The van der Waals surface area contributed by atoms with Crippen molar-refractivity contribution in [1.29, 1.82) is 0 Å². The van der Waals surface area contributed by atoms with E-state index in [1.54, 1.807) is 30.3 Å². The Bertz CT molecular complexity index is 1330. The number of ketones is 1. The number of Topliss-reactive ketones (excluding diaryl/α,β-unsaturated/α-hetero) is 1. The zero-order valence-corrected chi connectivity index (χ0v) is 19.1. The van der Waals surface area contributed by atoms with Crippen LogP contribution < -0.4 is 14.4 Å². The summed E-state index contributed by atoms with van der Waals surface area (Å²) >= 11 is 0. The largest absolute Gasteiger partial charge is 0.507 e. The molecule has 1 amide bonds. The van der Waals surface area contributed by atoms with Gasteiger partial charge in [-0.25, -0.2) is 0 Å². The van der Waals surface area contributed by atoms with Crippen LogP contribution in [-0.2, 0) is 16.0 Å². The molecule has 6 heteroatoms. The van der Waals surface area contributed by atoms with Gasteiger partial charge in [-0.05, 0) is 61.2 Å².